The Morgan fingerprint density at radius 1 is 1.38 bits per heavy atom. The van der Waals surface area contributed by atoms with Crippen LogP contribution in [0.1, 0.15) is 25.1 Å². The van der Waals surface area contributed by atoms with E-state index in [0.29, 0.717) is 0 Å². The van der Waals surface area contributed by atoms with Crippen molar-refractivity contribution in [2.75, 3.05) is 0 Å². The van der Waals surface area contributed by atoms with Crippen molar-refractivity contribution in [1.29, 1.82) is 0 Å². The molecule has 2 rings (SSSR count). The van der Waals surface area contributed by atoms with Gasteiger partial charge in [0.1, 0.15) is 0 Å². The summed E-state index contributed by atoms with van der Waals surface area (Å²) in [6.45, 7) is 4.28. The largest absolute Gasteiger partial charge is 0.285 e. The fraction of sp³-hybridized carbons (Fsp3) is 0.308. The van der Waals surface area contributed by atoms with Crippen molar-refractivity contribution in [1.82, 2.24) is 10.2 Å². The number of hydrogen-bond acceptors (Lipinski definition) is 1. The molecule has 3 heteroatoms. The van der Waals surface area contributed by atoms with Gasteiger partial charge in [-0.25, -0.2) is 0 Å². The molecule has 0 saturated carbocycles. The van der Waals surface area contributed by atoms with Gasteiger partial charge < -0.3 is 0 Å². The Balaban J connectivity index is 2.25. The van der Waals surface area contributed by atoms with Crippen LogP contribution in [0.15, 0.2) is 30.5 Å². The zero-order valence-corrected chi connectivity index (χ0v) is 10.2. The molecule has 16 heavy (non-hydrogen) atoms. The Labute approximate surface area is 101 Å². The van der Waals surface area contributed by atoms with Crippen LogP contribution in [0.25, 0.3) is 0 Å². The predicted molar refractivity (Wildman–Crippen MR) is 65.6 cm³/mol. The summed E-state index contributed by atoms with van der Waals surface area (Å²) in [5.74, 6) is 0. The molecule has 1 heterocycles. The Morgan fingerprint density at radius 3 is 2.75 bits per heavy atom. The number of halogens is 1. The summed E-state index contributed by atoms with van der Waals surface area (Å²) in [6.07, 6.45) is 2.58. The highest BCUT2D eigenvalue weighted by molar-refractivity contribution is 6.31. The van der Waals surface area contributed by atoms with Crippen LogP contribution in [0.2, 0.25) is 5.02 Å². The van der Waals surface area contributed by atoms with Gasteiger partial charge in [0.15, 0.2) is 0 Å². The molecule has 0 unspecified atom stereocenters. The minimum Gasteiger partial charge on any atom is -0.285 e. The van der Waals surface area contributed by atoms with E-state index in [2.05, 4.69) is 36.2 Å². The third kappa shape index (κ3) is 2.27. The van der Waals surface area contributed by atoms with Gasteiger partial charge in [0, 0.05) is 22.7 Å². The van der Waals surface area contributed by atoms with Gasteiger partial charge in [0.2, 0.25) is 0 Å². The van der Waals surface area contributed by atoms with Crippen molar-refractivity contribution in [3.63, 3.8) is 0 Å². The van der Waals surface area contributed by atoms with Crippen molar-refractivity contribution in [3.05, 3.63) is 52.8 Å². The molecular formula is C13H14ClN2. The van der Waals surface area contributed by atoms with Gasteiger partial charge in [-0.3, -0.25) is 5.10 Å². The van der Waals surface area contributed by atoms with E-state index in [1.807, 2.05) is 18.2 Å². The Kier molecular flexibility index (Phi) is 3.01. The number of H-pyrrole nitrogens is 1. The molecule has 2 nitrogen and oxygen atoms in total. The average Bonchev–Trinajstić information content (AvgIpc) is 2.75. The van der Waals surface area contributed by atoms with E-state index >= 15 is 0 Å². The zero-order valence-electron chi connectivity index (χ0n) is 9.42. The first-order valence-corrected chi connectivity index (χ1v) is 5.63. The van der Waals surface area contributed by atoms with Crippen molar-refractivity contribution in [2.24, 2.45) is 0 Å². The molecular weight excluding hydrogens is 220 g/mol. The van der Waals surface area contributed by atoms with Crippen LogP contribution < -0.4 is 0 Å². The van der Waals surface area contributed by atoms with Crippen LogP contribution in [0.3, 0.4) is 0 Å². The molecule has 1 aromatic carbocycles. The molecule has 0 atom stereocenters. The normalized spacial score (nSPS) is 11.7. The molecule has 1 N–H and O–H groups in total. The number of aromatic nitrogens is 2. The summed E-state index contributed by atoms with van der Waals surface area (Å²) in [4.78, 5) is 0. The molecule has 0 spiro atoms. The van der Waals surface area contributed by atoms with Crippen molar-refractivity contribution in [3.8, 4) is 0 Å². The molecule has 1 radical (unpaired) electrons. The first kappa shape index (κ1) is 11.2. The van der Waals surface area contributed by atoms with Gasteiger partial charge in [-0.05, 0) is 18.1 Å². The molecule has 0 saturated heterocycles. The lowest BCUT2D eigenvalue weighted by molar-refractivity contribution is 0.503. The number of aromatic amines is 1. The second kappa shape index (κ2) is 4.30. The molecule has 0 aliphatic heterocycles. The van der Waals surface area contributed by atoms with Crippen LogP contribution in [0.4, 0.5) is 0 Å². The summed E-state index contributed by atoms with van der Waals surface area (Å²) < 4.78 is 0. The standard InChI is InChI=1S/C13H14ClN2/c1-13(2,12-7-8-15-16-12)9-10-5-3-4-6-11(10)14/h3-6,8H,9H2,1-2H3,(H,15,16). The summed E-state index contributed by atoms with van der Waals surface area (Å²) in [5, 5.41) is 7.80. The van der Waals surface area contributed by atoms with E-state index in [-0.39, 0.29) is 5.41 Å². The number of nitrogens with one attached hydrogen (secondary N) is 1. The lowest BCUT2D eigenvalue weighted by atomic mass is 9.83. The summed E-state index contributed by atoms with van der Waals surface area (Å²) >= 11 is 6.15. The van der Waals surface area contributed by atoms with E-state index < -0.39 is 0 Å². The average molecular weight is 234 g/mol. The van der Waals surface area contributed by atoms with Gasteiger partial charge in [-0.2, -0.15) is 5.10 Å². The highest BCUT2D eigenvalue weighted by Gasteiger charge is 2.24. The molecule has 0 bridgehead atoms. The van der Waals surface area contributed by atoms with Crippen LogP contribution in [0, 0.1) is 6.07 Å². The molecule has 2 aromatic rings. The molecule has 0 aliphatic rings. The van der Waals surface area contributed by atoms with E-state index in [9.17, 15) is 0 Å². The molecule has 0 aliphatic carbocycles. The summed E-state index contributed by atoms with van der Waals surface area (Å²) in [7, 11) is 0. The maximum atomic E-state index is 6.15. The highest BCUT2D eigenvalue weighted by atomic mass is 35.5. The van der Waals surface area contributed by atoms with Crippen LogP contribution in [0.5, 0.6) is 0 Å². The van der Waals surface area contributed by atoms with E-state index in [4.69, 9.17) is 11.6 Å². The van der Waals surface area contributed by atoms with Crippen LogP contribution in [-0.4, -0.2) is 10.2 Å². The van der Waals surface area contributed by atoms with Crippen molar-refractivity contribution >= 4 is 11.6 Å². The minimum atomic E-state index is -0.0645. The fourth-order valence-electron chi connectivity index (χ4n) is 1.78. The van der Waals surface area contributed by atoms with E-state index in [1.165, 1.54) is 0 Å². The fourth-order valence-corrected chi connectivity index (χ4v) is 1.98. The Hall–Kier alpha value is -1.28. The van der Waals surface area contributed by atoms with Gasteiger partial charge in [-0.1, -0.05) is 43.6 Å². The molecule has 0 fully saturated rings. The molecule has 0 amide bonds. The number of benzene rings is 1. The number of rotatable bonds is 3. The Bertz CT molecular complexity index is 461. The van der Waals surface area contributed by atoms with Crippen LogP contribution in [-0.2, 0) is 11.8 Å². The number of nitrogens with zero attached hydrogens (tertiary/aromatic N) is 1. The monoisotopic (exact) mass is 233 g/mol. The van der Waals surface area contributed by atoms with Crippen molar-refractivity contribution < 1.29 is 0 Å². The van der Waals surface area contributed by atoms with Crippen molar-refractivity contribution in [2.45, 2.75) is 25.7 Å². The third-order valence-electron chi connectivity index (χ3n) is 2.68. The summed E-state index contributed by atoms with van der Waals surface area (Å²) in [6, 6.07) is 11.0. The maximum absolute atomic E-state index is 6.15. The van der Waals surface area contributed by atoms with E-state index in [1.54, 1.807) is 6.20 Å². The number of hydrogen-bond donors (Lipinski definition) is 1. The van der Waals surface area contributed by atoms with Gasteiger partial charge >= 0.3 is 0 Å². The van der Waals surface area contributed by atoms with Gasteiger partial charge in [0.25, 0.3) is 0 Å². The second-order valence-corrected chi connectivity index (χ2v) is 4.94. The molecule has 83 valence electrons. The van der Waals surface area contributed by atoms with Crippen LogP contribution >= 0.6 is 11.6 Å². The third-order valence-corrected chi connectivity index (χ3v) is 3.05. The lowest BCUT2D eigenvalue weighted by Gasteiger charge is -2.22. The maximum Gasteiger partial charge on any atom is 0.0761 e. The second-order valence-electron chi connectivity index (χ2n) is 4.53. The first-order valence-electron chi connectivity index (χ1n) is 5.25. The zero-order chi connectivity index (χ0) is 11.6. The Morgan fingerprint density at radius 2 is 2.12 bits per heavy atom. The van der Waals surface area contributed by atoms with Gasteiger partial charge in [0.05, 0.1) is 5.69 Å². The van der Waals surface area contributed by atoms with Gasteiger partial charge in [-0.15, -0.1) is 0 Å². The van der Waals surface area contributed by atoms with E-state index in [0.717, 1.165) is 22.7 Å². The quantitative estimate of drug-likeness (QED) is 0.865. The molecule has 1 aromatic heterocycles. The lowest BCUT2D eigenvalue weighted by Crippen LogP contribution is -2.21. The SMILES string of the molecule is CC(C)(Cc1ccccc1Cl)c1[c]c[nH]n1. The summed E-state index contributed by atoms with van der Waals surface area (Å²) in [5.41, 5.74) is 2.02. The topological polar surface area (TPSA) is 28.7 Å². The highest BCUT2D eigenvalue weighted by Crippen LogP contribution is 2.28. The smallest absolute Gasteiger partial charge is 0.0761 e. The predicted octanol–water partition coefficient (Wildman–Crippen LogP) is 3.38. The first-order chi connectivity index (χ1) is 7.59. The minimum absolute atomic E-state index is 0.0645.